The minimum atomic E-state index is 0.157. The zero-order valence-electron chi connectivity index (χ0n) is 11.5. The highest BCUT2D eigenvalue weighted by Crippen LogP contribution is 2.18. The van der Waals surface area contributed by atoms with E-state index in [-0.39, 0.29) is 6.04 Å². The Hall–Kier alpha value is -1.54. The Kier molecular flexibility index (Phi) is 3.87. The van der Waals surface area contributed by atoms with Crippen LogP contribution in [0.25, 0.3) is 0 Å². The maximum atomic E-state index is 6.05. The Morgan fingerprint density at radius 3 is 2.44 bits per heavy atom. The molecular weight excluding hydrogens is 220 g/mol. The van der Waals surface area contributed by atoms with Crippen molar-refractivity contribution in [1.29, 1.82) is 0 Å². The molecular formula is C16H22N2. The lowest BCUT2D eigenvalue weighted by Crippen LogP contribution is -2.07. The third-order valence-electron chi connectivity index (χ3n) is 3.63. The van der Waals surface area contributed by atoms with E-state index >= 15 is 0 Å². The van der Waals surface area contributed by atoms with Crippen molar-refractivity contribution in [1.82, 2.24) is 4.57 Å². The fraction of sp³-hybridized carbons (Fsp3) is 0.375. The molecule has 0 aliphatic carbocycles. The van der Waals surface area contributed by atoms with Crippen molar-refractivity contribution in [2.75, 3.05) is 0 Å². The molecule has 0 amide bonds. The number of nitrogens with zero attached hydrogens (tertiary/aromatic N) is 1. The summed E-state index contributed by atoms with van der Waals surface area (Å²) < 4.78 is 2.22. The highest BCUT2D eigenvalue weighted by atomic mass is 14.9. The van der Waals surface area contributed by atoms with Gasteiger partial charge in [0.25, 0.3) is 0 Å². The molecule has 1 atom stereocenters. The predicted octanol–water partition coefficient (Wildman–Crippen LogP) is 3.56. The lowest BCUT2D eigenvalue weighted by Gasteiger charge is -2.11. The Bertz CT molecular complexity index is 505. The lowest BCUT2D eigenvalue weighted by atomic mass is 10.0. The fourth-order valence-electron chi connectivity index (χ4n) is 2.29. The first-order valence-electron chi connectivity index (χ1n) is 6.58. The van der Waals surface area contributed by atoms with Gasteiger partial charge in [-0.2, -0.15) is 0 Å². The van der Waals surface area contributed by atoms with Gasteiger partial charge in [-0.25, -0.2) is 0 Å². The van der Waals surface area contributed by atoms with Gasteiger partial charge in [-0.1, -0.05) is 25.1 Å². The molecule has 0 spiro atoms. The summed E-state index contributed by atoms with van der Waals surface area (Å²) in [6.07, 6.45) is 5.27. The van der Waals surface area contributed by atoms with Gasteiger partial charge in [0.15, 0.2) is 0 Å². The molecule has 1 heterocycles. The fourth-order valence-corrected chi connectivity index (χ4v) is 2.29. The van der Waals surface area contributed by atoms with Crippen molar-refractivity contribution in [3.05, 3.63) is 58.9 Å². The van der Waals surface area contributed by atoms with E-state index in [1.165, 1.54) is 22.3 Å². The van der Waals surface area contributed by atoms with Gasteiger partial charge >= 0.3 is 0 Å². The van der Waals surface area contributed by atoms with Crippen LogP contribution in [0.15, 0.2) is 36.7 Å². The molecule has 0 aliphatic heterocycles. The normalized spacial score (nSPS) is 12.7. The van der Waals surface area contributed by atoms with Gasteiger partial charge in [0, 0.05) is 25.0 Å². The quantitative estimate of drug-likeness (QED) is 0.873. The number of aromatic nitrogens is 1. The zero-order valence-corrected chi connectivity index (χ0v) is 11.5. The highest BCUT2D eigenvalue weighted by molar-refractivity contribution is 5.34. The summed E-state index contributed by atoms with van der Waals surface area (Å²) in [5.41, 5.74) is 11.4. The zero-order chi connectivity index (χ0) is 13.1. The second kappa shape index (κ2) is 5.40. The summed E-state index contributed by atoms with van der Waals surface area (Å²) in [6, 6.07) is 8.74. The molecule has 1 aromatic heterocycles. The standard InChI is InChI=1S/C16H22N2/c1-4-16(17)14-8-9-18(10-14)11-15-12(2)6-5-7-13(15)3/h5-10,16H,4,11,17H2,1-3H3. The average molecular weight is 242 g/mol. The summed E-state index contributed by atoms with van der Waals surface area (Å²) in [7, 11) is 0. The van der Waals surface area contributed by atoms with Gasteiger partial charge in [0.1, 0.15) is 0 Å². The Morgan fingerprint density at radius 1 is 1.17 bits per heavy atom. The van der Waals surface area contributed by atoms with Crippen LogP contribution in [0.4, 0.5) is 0 Å². The minimum Gasteiger partial charge on any atom is -0.350 e. The first-order chi connectivity index (χ1) is 8.61. The molecule has 0 radical (unpaired) electrons. The third kappa shape index (κ3) is 2.65. The third-order valence-corrected chi connectivity index (χ3v) is 3.63. The van der Waals surface area contributed by atoms with Crippen molar-refractivity contribution >= 4 is 0 Å². The minimum absolute atomic E-state index is 0.157. The molecule has 2 nitrogen and oxygen atoms in total. The molecule has 0 fully saturated rings. The molecule has 1 aromatic carbocycles. The molecule has 2 aromatic rings. The largest absolute Gasteiger partial charge is 0.350 e. The molecule has 2 heteroatoms. The molecule has 0 bridgehead atoms. The van der Waals surface area contributed by atoms with Crippen molar-refractivity contribution in [3.8, 4) is 0 Å². The lowest BCUT2D eigenvalue weighted by molar-refractivity contribution is 0.692. The molecule has 1 unspecified atom stereocenters. The van der Waals surface area contributed by atoms with E-state index in [2.05, 4.69) is 62.0 Å². The maximum absolute atomic E-state index is 6.05. The van der Waals surface area contributed by atoms with E-state index in [1.54, 1.807) is 0 Å². The molecule has 2 rings (SSSR count). The Balaban J connectivity index is 2.21. The first kappa shape index (κ1) is 12.9. The van der Waals surface area contributed by atoms with Gasteiger partial charge in [-0.15, -0.1) is 0 Å². The molecule has 0 saturated heterocycles. The van der Waals surface area contributed by atoms with E-state index < -0.39 is 0 Å². The van der Waals surface area contributed by atoms with Crippen LogP contribution in [0, 0.1) is 13.8 Å². The Morgan fingerprint density at radius 2 is 1.83 bits per heavy atom. The number of benzene rings is 1. The van der Waals surface area contributed by atoms with Gasteiger partial charge in [-0.05, 0) is 48.6 Å². The van der Waals surface area contributed by atoms with Gasteiger partial charge in [0.05, 0.1) is 0 Å². The highest BCUT2D eigenvalue weighted by Gasteiger charge is 2.07. The van der Waals surface area contributed by atoms with Gasteiger partial charge in [0.2, 0.25) is 0 Å². The van der Waals surface area contributed by atoms with Crippen molar-refractivity contribution in [2.45, 2.75) is 39.8 Å². The van der Waals surface area contributed by atoms with E-state index in [0.717, 1.165) is 13.0 Å². The van der Waals surface area contributed by atoms with E-state index in [4.69, 9.17) is 5.73 Å². The monoisotopic (exact) mass is 242 g/mol. The first-order valence-corrected chi connectivity index (χ1v) is 6.58. The number of aryl methyl sites for hydroxylation is 2. The van der Waals surface area contributed by atoms with Crippen LogP contribution >= 0.6 is 0 Å². The van der Waals surface area contributed by atoms with Gasteiger partial charge < -0.3 is 10.3 Å². The second-order valence-electron chi connectivity index (χ2n) is 5.00. The van der Waals surface area contributed by atoms with E-state index in [1.807, 2.05) is 0 Å². The number of hydrogen-bond acceptors (Lipinski definition) is 1. The topological polar surface area (TPSA) is 30.9 Å². The Labute approximate surface area is 109 Å². The molecule has 18 heavy (non-hydrogen) atoms. The van der Waals surface area contributed by atoms with Crippen molar-refractivity contribution < 1.29 is 0 Å². The number of rotatable bonds is 4. The van der Waals surface area contributed by atoms with Crippen LogP contribution in [0.3, 0.4) is 0 Å². The summed E-state index contributed by atoms with van der Waals surface area (Å²) in [6.45, 7) is 7.39. The van der Waals surface area contributed by atoms with Crippen molar-refractivity contribution in [3.63, 3.8) is 0 Å². The molecule has 2 N–H and O–H groups in total. The van der Waals surface area contributed by atoms with Crippen LogP contribution < -0.4 is 5.73 Å². The molecule has 0 aliphatic rings. The molecule has 96 valence electrons. The van der Waals surface area contributed by atoms with E-state index in [0.29, 0.717) is 0 Å². The maximum Gasteiger partial charge on any atom is 0.0475 e. The second-order valence-corrected chi connectivity index (χ2v) is 5.00. The predicted molar refractivity (Wildman–Crippen MR) is 76.7 cm³/mol. The van der Waals surface area contributed by atoms with Crippen LogP contribution in [-0.2, 0) is 6.54 Å². The van der Waals surface area contributed by atoms with Crippen molar-refractivity contribution in [2.24, 2.45) is 5.73 Å². The number of hydrogen-bond donors (Lipinski definition) is 1. The van der Waals surface area contributed by atoms with Crippen LogP contribution in [-0.4, -0.2) is 4.57 Å². The van der Waals surface area contributed by atoms with E-state index in [9.17, 15) is 0 Å². The average Bonchev–Trinajstić information content (AvgIpc) is 2.81. The summed E-state index contributed by atoms with van der Waals surface area (Å²) >= 11 is 0. The van der Waals surface area contributed by atoms with Crippen LogP contribution in [0.2, 0.25) is 0 Å². The summed E-state index contributed by atoms with van der Waals surface area (Å²) in [5.74, 6) is 0. The van der Waals surface area contributed by atoms with Gasteiger partial charge in [-0.3, -0.25) is 0 Å². The summed E-state index contributed by atoms with van der Waals surface area (Å²) in [4.78, 5) is 0. The SMILES string of the molecule is CCC(N)c1ccn(Cc2c(C)cccc2C)c1. The van der Waals surface area contributed by atoms with Crippen LogP contribution in [0.5, 0.6) is 0 Å². The van der Waals surface area contributed by atoms with Crippen LogP contribution in [0.1, 0.15) is 41.6 Å². The smallest absolute Gasteiger partial charge is 0.0475 e. The number of nitrogens with two attached hydrogens (primary N) is 1. The molecule has 0 saturated carbocycles. The summed E-state index contributed by atoms with van der Waals surface area (Å²) in [5, 5.41) is 0.